The molecule has 0 aromatic heterocycles. The summed E-state index contributed by atoms with van der Waals surface area (Å²) in [6.07, 6.45) is -0.408. The van der Waals surface area contributed by atoms with Crippen LogP contribution in [-0.4, -0.2) is 17.7 Å². The average Bonchev–Trinajstić information content (AvgIpc) is 2.82. The van der Waals surface area contributed by atoms with Gasteiger partial charge in [0.15, 0.2) is 6.10 Å². The van der Waals surface area contributed by atoms with Gasteiger partial charge in [-0.3, -0.25) is 14.4 Å². The van der Waals surface area contributed by atoms with Crippen molar-refractivity contribution in [2.45, 2.75) is 32.3 Å². The standard InChI is InChI=1S/C26H24ClNO4/c1-2-18-8-14-22(15-9-18)28-23(29)16-17-24(30)32-26(20-10-12-21(27)13-11-20)25(31)19-6-4-3-5-7-19/h3-15,26H,2,16-17H2,1H3,(H,28,29)/t26-/m1/s1. The molecule has 0 aliphatic heterocycles. The van der Waals surface area contributed by atoms with Gasteiger partial charge in [-0.05, 0) is 36.2 Å². The van der Waals surface area contributed by atoms with Crippen molar-refractivity contribution in [3.63, 3.8) is 0 Å². The molecule has 0 radical (unpaired) electrons. The summed E-state index contributed by atoms with van der Waals surface area (Å²) in [6.45, 7) is 2.05. The average molecular weight is 450 g/mol. The molecule has 32 heavy (non-hydrogen) atoms. The van der Waals surface area contributed by atoms with Crippen LogP contribution < -0.4 is 5.32 Å². The number of ketones is 1. The summed E-state index contributed by atoms with van der Waals surface area (Å²) in [4.78, 5) is 37.7. The molecule has 3 aromatic rings. The Kier molecular flexibility index (Phi) is 8.17. The minimum absolute atomic E-state index is 0.0543. The fourth-order valence-corrected chi connectivity index (χ4v) is 3.24. The third-order valence-corrected chi connectivity index (χ3v) is 5.17. The minimum Gasteiger partial charge on any atom is -0.449 e. The molecule has 3 aromatic carbocycles. The monoisotopic (exact) mass is 449 g/mol. The number of aryl methyl sites for hydroxylation is 1. The first kappa shape index (κ1) is 23.2. The molecule has 0 spiro atoms. The van der Waals surface area contributed by atoms with E-state index in [2.05, 4.69) is 12.2 Å². The molecular formula is C26H24ClNO4. The van der Waals surface area contributed by atoms with Crippen molar-refractivity contribution in [1.82, 2.24) is 0 Å². The lowest BCUT2D eigenvalue weighted by Crippen LogP contribution is -2.21. The number of amides is 1. The summed E-state index contributed by atoms with van der Waals surface area (Å²) < 4.78 is 5.51. The highest BCUT2D eigenvalue weighted by Crippen LogP contribution is 2.25. The van der Waals surface area contributed by atoms with Crippen molar-refractivity contribution >= 4 is 34.9 Å². The fraction of sp³-hybridized carbons (Fsp3) is 0.192. The van der Waals surface area contributed by atoms with Gasteiger partial charge in [-0.2, -0.15) is 0 Å². The number of carbonyl (C=O) groups is 3. The molecule has 0 saturated carbocycles. The summed E-state index contributed by atoms with van der Waals surface area (Å²) in [7, 11) is 0. The van der Waals surface area contributed by atoms with Crippen LogP contribution in [0.2, 0.25) is 5.02 Å². The lowest BCUT2D eigenvalue weighted by atomic mass is 10.00. The molecule has 164 valence electrons. The maximum Gasteiger partial charge on any atom is 0.307 e. The number of hydrogen-bond donors (Lipinski definition) is 1. The Morgan fingerprint density at radius 2 is 1.53 bits per heavy atom. The van der Waals surface area contributed by atoms with E-state index in [-0.39, 0.29) is 24.5 Å². The van der Waals surface area contributed by atoms with Crippen LogP contribution in [-0.2, 0) is 20.7 Å². The van der Waals surface area contributed by atoms with E-state index in [1.165, 1.54) is 5.56 Å². The zero-order valence-electron chi connectivity index (χ0n) is 17.7. The molecule has 0 saturated heterocycles. The Morgan fingerprint density at radius 3 is 2.16 bits per heavy atom. The summed E-state index contributed by atoms with van der Waals surface area (Å²) in [5, 5.41) is 3.27. The van der Waals surface area contributed by atoms with Gasteiger partial charge in [-0.25, -0.2) is 0 Å². The van der Waals surface area contributed by atoms with E-state index in [1.807, 2.05) is 24.3 Å². The lowest BCUT2D eigenvalue weighted by molar-refractivity contribution is -0.148. The molecule has 3 rings (SSSR count). The van der Waals surface area contributed by atoms with E-state index in [0.29, 0.717) is 21.8 Å². The number of nitrogens with one attached hydrogen (secondary N) is 1. The molecule has 0 heterocycles. The Bertz CT molecular complexity index is 1060. The third kappa shape index (κ3) is 6.53. The molecule has 6 heteroatoms. The third-order valence-electron chi connectivity index (χ3n) is 4.92. The first-order chi connectivity index (χ1) is 15.5. The molecule has 5 nitrogen and oxygen atoms in total. The normalized spacial score (nSPS) is 11.4. The number of halogens is 1. The molecule has 0 bridgehead atoms. The number of esters is 1. The zero-order valence-corrected chi connectivity index (χ0v) is 18.5. The summed E-state index contributed by atoms with van der Waals surface area (Å²) in [5.41, 5.74) is 2.77. The van der Waals surface area contributed by atoms with Gasteiger partial charge in [0, 0.05) is 28.3 Å². The first-order valence-corrected chi connectivity index (χ1v) is 10.8. The Balaban J connectivity index is 1.63. The van der Waals surface area contributed by atoms with E-state index >= 15 is 0 Å². The number of anilines is 1. The Labute approximate surface area is 192 Å². The molecule has 1 N–H and O–H groups in total. The predicted molar refractivity (Wildman–Crippen MR) is 125 cm³/mol. The Morgan fingerprint density at radius 1 is 0.875 bits per heavy atom. The molecular weight excluding hydrogens is 426 g/mol. The van der Waals surface area contributed by atoms with Crippen LogP contribution in [0.4, 0.5) is 5.69 Å². The van der Waals surface area contributed by atoms with Gasteiger partial charge in [-0.15, -0.1) is 0 Å². The van der Waals surface area contributed by atoms with Crippen LogP contribution in [0.25, 0.3) is 0 Å². The van der Waals surface area contributed by atoms with E-state index < -0.39 is 12.1 Å². The molecule has 1 amide bonds. The Hall–Kier alpha value is -3.44. The largest absolute Gasteiger partial charge is 0.449 e. The first-order valence-electron chi connectivity index (χ1n) is 10.4. The highest BCUT2D eigenvalue weighted by Gasteiger charge is 2.26. The predicted octanol–water partition coefficient (Wildman–Crippen LogP) is 5.79. The van der Waals surface area contributed by atoms with E-state index in [1.54, 1.807) is 54.6 Å². The van der Waals surface area contributed by atoms with Crippen LogP contribution in [0.15, 0.2) is 78.9 Å². The lowest BCUT2D eigenvalue weighted by Gasteiger charge is -2.17. The maximum atomic E-state index is 13.0. The van der Waals surface area contributed by atoms with Crippen LogP contribution in [0, 0.1) is 0 Å². The van der Waals surface area contributed by atoms with Crippen molar-refractivity contribution in [2.75, 3.05) is 5.32 Å². The van der Waals surface area contributed by atoms with Crippen LogP contribution >= 0.6 is 11.6 Å². The second-order valence-electron chi connectivity index (χ2n) is 7.25. The van der Waals surface area contributed by atoms with Crippen molar-refractivity contribution < 1.29 is 19.1 Å². The second-order valence-corrected chi connectivity index (χ2v) is 7.69. The van der Waals surface area contributed by atoms with Gasteiger partial charge in [0.2, 0.25) is 11.7 Å². The van der Waals surface area contributed by atoms with E-state index in [0.717, 1.165) is 6.42 Å². The number of benzene rings is 3. The number of hydrogen-bond acceptors (Lipinski definition) is 4. The second kappa shape index (κ2) is 11.3. The van der Waals surface area contributed by atoms with Crippen molar-refractivity contribution in [2.24, 2.45) is 0 Å². The van der Waals surface area contributed by atoms with Gasteiger partial charge in [0.1, 0.15) is 0 Å². The van der Waals surface area contributed by atoms with Crippen LogP contribution in [0.3, 0.4) is 0 Å². The van der Waals surface area contributed by atoms with Crippen LogP contribution in [0.1, 0.15) is 47.4 Å². The summed E-state index contributed by atoms with van der Waals surface area (Å²) >= 11 is 5.95. The van der Waals surface area contributed by atoms with Crippen molar-refractivity contribution in [3.05, 3.63) is 101 Å². The van der Waals surface area contributed by atoms with Gasteiger partial charge in [-0.1, -0.05) is 73.1 Å². The van der Waals surface area contributed by atoms with Crippen LogP contribution in [0.5, 0.6) is 0 Å². The van der Waals surface area contributed by atoms with Gasteiger partial charge < -0.3 is 10.1 Å². The minimum atomic E-state index is -1.12. The van der Waals surface area contributed by atoms with Gasteiger partial charge >= 0.3 is 5.97 Å². The van der Waals surface area contributed by atoms with E-state index in [4.69, 9.17) is 16.3 Å². The van der Waals surface area contributed by atoms with E-state index in [9.17, 15) is 14.4 Å². The maximum absolute atomic E-state index is 13.0. The molecule has 0 aliphatic rings. The number of ether oxygens (including phenoxy) is 1. The van der Waals surface area contributed by atoms with Crippen molar-refractivity contribution in [3.8, 4) is 0 Å². The smallest absolute Gasteiger partial charge is 0.307 e. The molecule has 0 aliphatic carbocycles. The summed E-state index contributed by atoms with van der Waals surface area (Å²) in [6, 6.07) is 22.7. The highest BCUT2D eigenvalue weighted by molar-refractivity contribution is 6.30. The molecule has 0 fully saturated rings. The number of rotatable bonds is 9. The van der Waals surface area contributed by atoms with Crippen molar-refractivity contribution in [1.29, 1.82) is 0 Å². The quantitative estimate of drug-likeness (QED) is 0.331. The topological polar surface area (TPSA) is 72.5 Å². The van der Waals surface area contributed by atoms with Gasteiger partial charge in [0.05, 0.1) is 6.42 Å². The fourth-order valence-electron chi connectivity index (χ4n) is 3.12. The highest BCUT2D eigenvalue weighted by atomic mass is 35.5. The zero-order chi connectivity index (χ0) is 22.9. The molecule has 1 atom stereocenters. The summed E-state index contributed by atoms with van der Waals surface area (Å²) in [5.74, 6) is -1.28. The number of Topliss-reactive ketones (excluding diaryl/α,β-unsaturated/α-hetero) is 1. The molecule has 0 unspecified atom stereocenters. The number of carbonyl (C=O) groups excluding carboxylic acids is 3. The SMILES string of the molecule is CCc1ccc(NC(=O)CCC(=O)O[C@@H](C(=O)c2ccccc2)c2ccc(Cl)cc2)cc1. The van der Waals surface area contributed by atoms with Gasteiger partial charge in [0.25, 0.3) is 0 Å².